The van der Waals surface area contributed by atoms with Crippen LogP contribution in [0.1, 0.15) is 21.6 Å². The van der Waals surface area contributed by atoms with E-state index in [0.29, 0.717) is 36.0 Å². The van der Waals surface area contributed by atoms with Gasteiger partial charge >= 0.3 is 6.18 Å². The van der Waals surface area contributed by atoms with Crippen molar-refractivity contribution in [2.24, 2.45) is 0 Å². The predicted molar refractivity (Wildman–Crippen MR) is 88.2 cm³/mol. The zero-order chi connectivity index (χ0) is 20.1. The van der Waals surface area contributed by atoms with Gasteiger partial charge in [-0.05, 0) is 24.3 Å². The molecule has 1 aliphatic rings. The van der Waals surface area contributed by atoms with Gasteiger partial charge in [0.05, 0.1) is 28.1 Å². The number of benzene rings is 1. The van der Waals surface area contributed by atoms with E-state index in [9.17, 15) is 26.7 Å². The van der Waals surface area contributed by atoms with Gasteiger partial charge in [-0.3, -0.25) is 4.79 Å². The van der Waals surface area contributed by atoms with Crippen molar-refractivity contribution in [1.29, 1.82) is 0 Å². The molecule has 3 heterocycles. The molecule has 2 aromatic heterocycles. The van der Waals surface area contributed by atoms with Crippen molar-refractivity contribution < 1.29 is 26.7 Å². The lowest BCUT2D eigenvalue weighted by Crippen LogP contribution is -2.31. The van der Waals surface area contributed by atoms with E-state index in [1.165, 1.54) is 12.3 Å². The van der Waals surface area contributed by atoms with E-state index in [0.717, 1.165) is 6.07 Å². The molecule has 1 aliphatic heterocycles. The zero-order valence-electron chi connectivity index (χ0n) is 14.0. The third-order valence-corrected chi connectivity index (χ3v) is 4.36. The first-order valence-corrected chi connectivity index (χ1v) is 8.15. The Morgan fingerprint density at radius 3 is 2.54 bits per heavy atom. The largest absolute Gasteiger partial charge is 0.419 e. The highest BCUT2D eigenvalue weighted by Crippen LogP contribution is 2.35. The minimum Gasteiger partial charge on any atom is -0.356 e. The number of carbonyl (C=O) groups is 1. The number of hydrogen-bond acceptors (Lipinski definition) is 3. The van der Waals surface area contributed by atoms with E-state index in [-0.39, 0.29) is 17.4 Å². The average Bonchev–Trinajstić information content (AvgIpc) is 3.09. The van der Waals surface area contributed by atoms with Crippen molar-refractivity contribution in [2.45, 2.75) is 12.6 Å². The summed E-state index contributed by atoms with van der Waals surface area (Å²) in [6, 6.07) is 4.28. The molecule has 0 radical (unpaired) electrons. The molecule has 0 unspecified atom stereocenters. The van der Waals surface area contributed by atoms with Gasteiger partial charge in [0.15, 0.2) is 17.5 Å². The quantitative estimate of drug-likeness (QED) is 0.651. The molecule has 0 aliphatic carbocycles. The van der Waals surface area contributed by atoms with Crippen LogP contribution < -0.4 is 5.32 Å². The van der Waals surface area contributed by atoms with E-state index in [1.807, 2.05) is 0 Å². The molecule has 0 fully saturated rings. The number of alkyl halides is 3. The molecule has 0 spiro atoms. The molecular formula is C18H11F5N4O. The highest BCUT2D eigenvalue weighted by molar-refractivity contribution is 5.97. The summed E-state index contributed by atoms with van der Waals surface area (Å²) in [4.78, 5) is 22.9. The SMILES string of the molecule is O=C1NCCc2[nH]c(-c3ccnc(-c4ccc(C(F)(F)F)c(F)c4F)n3)cc21. The van der Waals surface area contributed by atoms with Crippen LogP contribution in [0.3, 0.4) is 0 Å². The molecule has 28 heavy (non-hydrogen) atoms. The summed E-state index contributed by atoms with van der Waals surface area (Å²) in [6.07, 6.45) is -3.15. The standard InChI is InChI=1S/C18H11F5N4O/c19-14-8(1-2-10(15(14)20)18(21,22)23)16-24-5-4-12(27-16)13-7-9-11(26-13)3-6-25-17(9)28/h1-2,4-5,7,26H,3,6H2,(H,25,28). The molecule has 0 bridgehead atoms. The van der Waals surface area contributed by atoms with Gasteiger partial charge in [-0.25, -0.2) is 18.7 Å². The van der Waals surface area contributed by atoms with E-state index < -0.39 is 28.9 Å². The van der Waals surface area contributed by atoms with Crippen LogP contribution in [0.15, 0.2) is 30.5 Å². The minimum atomic E-state index is -5.02. The summed E-state index contributed by atoms with van der Waals surface area (Å²) in [5.41, 5.74) is -0.293. The van der Waals surface area contributed by atoms with Gasteiger partial charge in [0.1, 0.15) is 0 Å². The predicted octanol–water partition coefficient (Wildman–Crippen LogP) is 3.72. The Kier molecular flexibility index (Phi) is 4.13. The van der Waals surface area contributed by atoms with Crippen molar-refractivity contribution in [3.05, 3.63) is 58.9 Å². The maximum atomic E-state index is 14.2. The highest BCUT2D eigenvalue weighted by Gasteiger charge is 2.36. The third-order valence-electron chi connectivity index (χ3n) is 4.36. The van der Waals surface area contributed by atoms with E-state index in [2.05, 4.69) is 20.3 Å². The van der Waals surface area contributed by atoms with Crippen LogP contribution in [0.5, 0.6) is 0 Å². The molecule has 0 saturated carbocycles. The van der Waals surface area contributed by atoms with Crippen LogP contribution in [0.2, 0.25) is 0 Å². The van der Waals surface area contributed by atoms with Crippen LogP contribution in [0, 0.1) is 11.6 Å². The van der Waals surface area contributed by atoms with E-state index >= 15 is 0 Å². The van der Waals surface area contributed by atoms with Gasteiger partial charge in [0.2, 0.25) is 0 Å². The van der Waals surface area contributed by atoms with Gasteiger partial charge in [-0.1, -0.05) is 0 Å². The van der Waals surface area contributed by atoms with Gasteiger partial charge in [-0.2, -0.15) is 13.2 Å². The number of hydrogen-bond donors (Lipinski definition) is 2. The number of rotatable bonds is 2. The first kappa shape index (κ1) is 18.1. The zero-order valence-corrected chi connectivity index (χ0v) is 14.0. The number of H-pyrrole nitrogens is 1. The number of aromatic amines is 1. The van der Waals surface area contributed by atoms with Crippen molar-refractivity contribution in [1.82, 2.24) is 20.3 Å². The molecule has 1 aromatic carbocycles. The van der Waals surface area contributed by atoms with Crippen LogP contribution in [-0.4, -0.2) is 27.4 Å². The Hall–Kier alpha value is -3.30. The Labute approximate surface area is 154 Å². The van der Waals surface area contributed by atoms with Gasteiger partial charge in [0, 0.05) is 24.9 Å². The molecule has 4 rings (SSSR count). The van der Waals surface area contributed by atoms with Crippen molar-refractivity contribution >= 4 is 5.91 Å². The summed E-state index contributed by atoms with van der Waals surface area (Å²) in [7, 11) is 0. The monoisotopic (exact) mass is 394 g/mol. The van der Waals surface area contributed by atoms with Crippen LogP contribution >= 0.6 is 0 Å². The van der Waals surface area contributed by atoms with Crippen LogP contribution in [0.4, 0.5) is 22.0 Å². The highest BCUT2D eigenvalue weighted by atomic mass is 19.4. The van der Waals surface area contributed by atoms with Crippen molar-refractivity contribution in [3.63, 3.8) is 0 Å². The molecule has 10 heteroatoms. The maximum Gasteiger partial charge on any atom is 0.419 e. The second-order valence-corrected chi connectivity index (χ2v) is 6.13. The first-order chi connectivity index (χ1) is 13.3. The van der Waals surface area contributed by atoms with Crippen LogP contribution in [-0.2, 0) is 12.6 Å². The summed E-state index contributed by atoms with van der Waals surface area (Å²) < 4.78 is 66.3. The Morgan fingerprint density at radius 2 is 1.82 bits per heavy atom. The van der Waals surface area contributed by atoms with Gasteiger partial charge in [0.25, 0.3) is 5.91 Å². The molecule has 1 amide bonds. The second kappa shape index (κ2) is 6.39. The summed E-state index contributed by atoms with van der Waals surface area (Å²) in [5, 5.41) is 2.70. The van der Waals surface area contributed by atoms with Gasteiger partial charge in [-0.15, -0.1) is 0 Å². The van der Waals surface area contributed by atoms with Crippen molar-refractivity contribution in [3.8, 4) is 22.8 Å². The molecule has 0 atom stereocenters. The summed E-state index contributed by atoms with van der Waals surface area (Å²) >= 11 is 0. The molecule has 144 valence electrons. The molecule has 3 aromatic rings. The van der Waals surface area contributed by atoms with Crippen molar-refractivity contribution in [2.75, 3.05) is 6.54 Å². The molecule has 0 saturated heterocycles. The normalized spacial score (nSPS) is 14.0. The van der Waals surface area contributed by atoms with E-state index in [4.69, 9.17) is 0 Å². The fourth-order valence-corrected chi connectivity index (χ4v) is 3.01. The number of halogens is 5. The number of nitrogens with one attached hydrogen (secondary N) is 2. The Balaban J connectivity index is 1.76. The lowest BCUT2D eigenvalue weighted by molar-refractivity contribution is -0.140. The Bertz CT molecular complexity index is 1090. The fourth-order valence-electron chi connectivity index (χ4n) is 3.01. The summed E-state index contributed by atoms with van der Waals surface area (Å²) in [5.74, 6) is -4.21. The third kappa shape index (κ3) is 3.00. The average molecular weight is 394 g/mol. The smallest absolute Gasteiger partial charge is 0.356 e. The number of fused-ring (bicyclic) bond motifs is 1. The maximum absolute atomic E-state index is 14.2. The number of nitrogens with zero attached hydrogens (tertiary/aromatic N) is 2. The molecule has 5 nitrogen and oxygen atoms in total. The molecular weight excluding hydrogens is 383 g/mol. The minimum absolute atomic E-state index is 0.242. The Morgan fingerprint density at radius 1 is 1.04 bits per heavy atom. The molecule has 2 N–H and O–H groups in total. The van der Waals surface area contributed by atoms with Gasteiger partial charge < -0.3 is 10.3 Å². The fraction of sp³-hybridized carbons (Fsp3) is 0.167. The van der Waals surface area contributed by atoms with E-state index in [1.54, 1.807) is 6.07 Å². The number of aromatic nitrogens is 3. The topological polar surface area (TPSA) is 70.7 Å². The lowest BCUT2D eigenvalue weighted by atomic mass is 10.1. The number of amides is 1. The number of carbonyl (C=O) groups excluding carboxylic acids is 1. The second-order valence-electron chi connectivity index (χ2n) is 6.13. The lowest BCUT2D eigenvalue weighted by Gasteiger charge is -2.11. The first-order valence-electron chi connectivity index (χ1n) is 8.15. The summed E-state index contributed by atoms with van der Waals surface area (Å²) in [6.45, 7) is 0.483. The van der Waals surface area contributed by atoms with Crippen LogP contribution in [0.25, 0.3) is 22.8 Å².